The van der Waals surface area contributed by atoms with Crippen molar-refractivity contribution < 1.29 is 14.2 Å². The van der Waals surface area contributed by atoms with Crippen molar-refractivity contribution in [2.45, 2.75) is 6.42 Å². The third-order valence-electron chi connectivity index (χ3n) is 2.44. The van der Waals surface area contributed by atoms with Crippen molar-refractivity contribution in [1.82, 2.24) is 15.5 Å². The Morgan fingerprint density at radius 3 is 2.95 bits per heavy atom. The Labute approximate surface area is 121 Å². The third kappa shape index (κ3) is 3.38. The molecule has 2 aromatic rings. The van der Waals surface area contributed by atoms with Gasteiger partial charge in [-0.05, 0) is 22.0 Å². The molecule has 0 radical (unpaired) electrons. The molecule has 0 saturated carbocycles. The molecule has 2 rings (SSSR count). The van der Waals surface area contributed by atoms with E-state index < -0.39 is 10.8 Å². The van der Waals surface area contributed by atoms with Crippen LogP contribution < -0.4 is 5.32 Å². The molecule has 0 unspecified atom stereocenters. The molecule has 1 aromatic carbocycles. The van der Waals surface area contributed by atoms with Gasteiger partial charge in [0.15, 0.2) is 6.33 Å². The molecule has 0 aliphatic rings. The van der Waals surface area contributed by atoms with E-state index in [1.165, 1.54) is 24.5 Å². The number of non-ortho nitro benzene ring substituents is 1. The minimum absolute atomic E-state index is 0.143. The fourth-order valence-electron chi connectivity index (χ4n) is 1.49. The Kier molecular flexibility index (Phi) is 4.41. The summed E-state index contributed by atoms with van der Waals surface area (Å²) in [5.74, 6) is -0.0106. The van der Waals surface area contributed by atoms with Crippen LogP contribution >= 0.6 is 15.9 Å². The summed E-state index contributed by atoms with van der Waals surface area (Å²) >= 11 is 3.19. The van der Waals surface area contributed by atoms with Crippen LogP contribution in [0.4, 0.5) is 5.69 Å². The van der Waals surface area contributed by atoms with Crippen molar-refractivity contribution in [2.24, 2.45) is 0 Å². The fraction of sp³-hybridized carbons (Fsp3) is 0.182. The zero-order chi connectivity index (χ0) is 14.5. The second-order valence-electron chi connectivity index (χ2n) is 3.76. The maximum absolute atomic E-state index is 11.9. The van der Waals surface area contributed by atoms with E-state index in [2.05, 4.69) is 31.4 Å². The Bertz CT molecular complexity index is 629. The maximum atomic E-state index is 11.9. The second kappa shape index (κ2) is 6.24. The molecular weight excluding hydrogens is 332 g/mol. The number of nitro benzene ring substituents is 1. The lowest BCUT2D eigenvalue weighted by Crippen LogP contribution is -2.26. The lowest BCUT2D eigenvalue weighted by Gasteiger charge is -2.05. The predicted molar refractivity (Wildman–Crippen MR) is 71.1 cm³/mol. The fourth-order valence-corrected chi connectivity index (χ4v) is 1.91. The van der Waals surface area contributed by atoms with Gasteiger partial charge in [0.2, 0.25) is 5.89 Å². The van der Waals surface area contributed by atoms with Crippen LogP contribution in [0, 0.1) is 10.1 Å². The first-order valence-electron chi connectivity index (χ1n) is 5.55. The van der Waals surface area contributed by atoms with Gasteiger partial charge in [-0.3, -0.25) is 14.9 Å². The third-order valence-corrected chi connectivity index (χ3v) is 3.13. The molecule has 0 aliphatic carbocycles. The van der Waals surface area contributed by atoms with Crippen LogP contribution in [0.15, 0.2) is 33.5 Å². The zero-order valence-corrected chi connectivity index (χ0v) is 11.7. The van der Waals surface area contributed by atoms with Gasteiger partial charge in [-0.25, -0.2) is 0 Å². The van der Waals surface area contributed by atoms with E-state index in [1.807, 2.05) is 0 Å². The van der Waals surface area contributed by atoms with Crippen LogP contribution in [-0.2, 0) is 6.42 Å². The first-order valence-corrected chi connectivity index (χ1v) is 6.35. The smallest absolute Gasteiger partial charge is 0.270 e. The van der Waals surface area contributed by atoms with E-state index >= 15 is 0 Å². The highest BCUT2D eigenvalue weighted by molar-refractivity contribution is 9.10. The number of halogens is 1. The van der Waals surface area contributed by atoms with Crippen LogP contribution in [0.1, 0.15) is 16.2 Å². The highest BCUT2D eigenvalue weighted by Crippen LogP contribution is 2.22. The number of hydrogen-bond acceptors (Lipinski definition) is 6. The molecule has 0 atom stereocenters. The quantitative estimate of drug-likeness (QED) is 0.655. The number of carbonyl (C=O) groups excluding carboxylic acids is 1. The lowest BCUT2D eigenvalue weighted by molar-refractivity contribution is -0.384. The van der Waals surface area contributed by atoms with Gasteiger partial charge in [-0.1, -0.05) is 5.16 Å². The summed E-state index contributed by atoms with van der Waals surface area (Å²) in [6.07, 6.45) is 1.66. The number of nitrogens with zero attached hydrogens (tertiary/aromatic N) is 3. The summed E-state index contributed by atoms with van der Waals surface area (Å²) in [5.41, 5.74) is 0.0555. The van der Waals surface area contributed by atoms with Crippen molar-refractivity contribution >= 4 is 27.5 Å². The molecule has 0 fully saturated rings. The molecule has 0 aliphatic heterocycles. The van der Waals surface area contributed by atoms with Gasteiger partial charge in [0, 0.05) is 29.6 Å². The van der Waals surface area contributed by atoms with Gasteiger partial charge in [0.05, 0.1) is 10.5 Å². The number of benzene rings is 1. The second-order valence-corrected chi connectivity index (χ2v) is 4.62. The van der Waals surface area contributed by atoms with Crippen molar-refractivity contribution in [3.05, 3.63) is 50.6 Å². The molecule has 8 nitrogen and oxygen atoms in total. The van der Waals surface area contributed by atoms with Gasteiger partial charge in [0.1, 0.15) is 0 Å². The Hall–Kier alpha value is -2.29. The zero-order valence-electron chi connectivity index (χ0n) is 10.1. The minimum atomic E-state index is -0.554. The van der Waals surface area contributed by atoms with Crippen molar-refractivity contribution in [1.29, 1.82) is 0 Å². The van der Waals surface area contributed by atoms with Crippen molar-refractivity contribution in [2.75, 3.05) is 6.54 Å². The van der Waals surface area contributed by atoms with Crippen molar-refractivity contribution in [3.63, 3.8) is 0 Å². The van der Waals surface area contributed by atoms with Gasteiger partial charge in [-0.15, -0.1) is 0 Å². The summed E-state index contributed by atoms with van der Waals surface area (Å²) < 4.78 is 5.27. The highest BCUT2D eigenvalue weighted by atomic mass is 79.9. The average Bonchev–Trinajstić information content (AvgIpc) is 2.92. The predicted octanol–water partition coefficient (Wildman–Crippen LogP) is 1.71. The van der Waals surface area contributed by atoms with E-state index in [4.69, 9.17) is 4.52 Å². The topological polar surface area (TPSA) is 111 Å². The van der Waals surface area contributed by atoms with Crippen LogP contribution in [0.25, 0.3) is 0 Å². The van der Waals surface area contributed by atoms with E-state index in [0.29, 0.717) is 16.8 Å². The van der Waals surface area contributed by atoms with Crippen LogP contribution in [-0.4, -0.2) is 27.5 Å². The summed E-state index contributed by atoms with van der Waals surface area (Å²) in [5, 5.41) is 16.8. The van der Waals surface area contributed by atoms with Gasteiger partial charge in [0.25, 0.3) is 11.6 Å². The van der Waals surface area contributed by atoms with Crippen LogP contribution in [0.2, 0.25) is 0 Å². The van der Waals surface area contributed by atoms with E-state index in [9.17, 15) is 14.9 Å². The Morgan fingerprint density at radius 2 is 2.30 bits per heavy atom. The largest absolute Gasteiger partial charge is 0.351 e. The van der Waals surface area contributed by atoms with E-state index in [0.717, 1.165) is 0 Å². The summed E-state index contributed by atoms with van der Waals surface area (Å²) in [7, 11) is 0. The van der Waals surface area contributed by atoms with Crippen LogP contribution in [0.5, 0.6) is 0 Å². The Morgan fingerprint density at radius 1 is 1.50 bits per heavy atom. The molecule has 1 amide bonds. The lowest BCUT2D eigenvalue weighted by atomic mass is 10.2. The molecule has 0 spiro atoms. The van der Waals surface area contributed by atoms with Gasteiger partial charge < -0.3 is 9.84 Å². The molecule has 0 saturated heterocycles. The number of nitro groups is 1. The Balaban J connectivity index is 2.01. The molecule has 1 aromatic heterocycles. The molecule has 1 heterocycles. The SMILES string of the molecule is O=C(NCCc1ncno1)c1cc([N+](=O)[O-])ccc1Br. The van der Waals surface area contributed by atoms with Gasteiger partial charge in [-0.2, -0.15) is 4.98 Å². The molecule has 20 heavy (non-hydrogen) atoms. The van der Waals surface area contributed by atoms with Crippen molar-refractivity contribution in [3.8, 4) is 0 Å². The number of hydrogen-bond donors (Lipinski definition) is 1. The molecule has 1 N–H and O–H groups in total. The summed E-state index contributed by atoms with van der Waals surface area (Å²) in [6.45, 7) is 0.288. The number of rotatable bonds is 5. The minimum Gasteiger partial charge on any atom is -0.351 e. The van der Waals surface area contributed by atoms with Crippen LogP contribution in [0.3, 0.4) is 0 Å². The normalized spacial score (nSPS) is 10.2. The molecule has 104 valence electrons. The monoisotopic (exact) mass is 340 g/mol. The number of nitrogens with one attached hydrogen (secondary N) is 1. The first-order chi connectivity index (χ1) is 9.58. The van der Waals surface area contributed by atoms with E-state index in [1.54, 1.807) is 0 Å². The molecular formula is C11H9BrN4O4. The number of amides is 1. The molecule has 0 bridgehead atoms. The first kappa shape index (κ1) is 14.1. The summed E-state index contributed by atoms with van der Waals surface area (Å²) in [6, 6.07) is 4.00. The maximum Gasteiger partial charge on any atom is 0.270 e. The van der Waals surface area contributed by atoms with Gasteiger partial charge >= 0.3 is 0 Å². The number of carbonyl (C=O) groups is 1. The highest BCUT2D eigenvalue weighted by Gasteiger charge is 2.15. The molecule has 9 heteroatoms. The number of aromatic nitrogens is 2. The average molecular weight is 341 g/mol. The standard InChI is InChI=1S/C11H9BrN4O4/c12-9-2-1-7(16(18)19)5-8(9)11(17)13-4-3-10-14-6-15-20-10/h1-2,5-6H,3-4H2,(H,13,17). The van der Waals surface area contributed by atoms with E-state index in [-0.39, 0.29) is 17.8 Å². The summed E-state index contributed by atoms with van der Waals surface area (Å²) in [4.78, 5) is 25.9.